The second kappa shape index (κ2) is 4.44. The maximum atomic E-state index is 8.44. The van der Waals surface area contributed by atoms with Crippen molar-refractivity contribution in [1.82, 2.24) is 10.2 Å². The molecule has 0 aliphatic carbocycles. The molecule has 3 heteroatoms. The van der Waals surface area contributed by atoms with Crippen LogP contribution in [-0.4, -0.2) is 36.6 Å². The average Bonchev–Trinajstić information content (AvgIpc) is 1.99. The molecule has 2 atom stereocenters. The number of nitrogens with one attached hydrogen (secondary N) is 1. The zero-order valence-electron chi connectivity index (χ0n) is 7.88. The first kappa shape index (κ1) is 9.50. The molecular formula is C9H17N3. The van der Waals surface area contributed by atoms with Crippen LogP contribution in [0.2, 0.25) is 0 Å². The van der Waals surface area contributed by atoms with E-state index in [2.05, 4.69) is 30.1 Å². The molecule has 1 aliphatic rings. The quantitative estimate of drug-likeness (QED) is 0.654. The highest BCUT2D eigenvalue weighted by Crippen LogP contribution is 2.03. The highest BCUT2D eigenvalue weighted by atomic mass is 15.2. The van der Waals surface area contributed by atoms with E-state index in [0.717, 1.165) is 19.6 Å². The van der Waals surface area contributed by atoms with Gasteiger partial charge in [-0.1, -0.05) is 0 Å². The largest absolute Gasteiger partial charge is 0.309 e. The molecule has 68 valence electrons. The van der Waals surface area contributed by atoms with E-state index >= 15 is 0 Å². The van der Waals surface area contributed by atoms with Gasteiger partial charge in [-0.2, -0.15) is 5.26 Å². The summed E-state index contributed by atoms with van der Waals surface area (Å²) in [5.41, 5.74) is 0. The summed E-state index contributed by atoms with van der Waals surface area (Å²) < 4.78 is 0. The molecule has 0 bridgehead atoms. The number of hydrogen-bond acceptors (Lipinski definition) is 3. The molecule has 0 saturated carbocycles. The van der Waals surface area contributed by atoms with Crippen molar-refractivity contribution in [3.05, 3.63) is 0 Å². The van der Waals surface area contributed by atoms with Crippen LogP contribution in [0.5, 0.6) is 0 Å². The first-order valence-corrected chi connectivity index (χ1v) is 4.57. The minimum atomic E-state index is 0.562. The SMILES string of the molecule is CC1CN(CCC#N)CC(C)N1. The topological polar surface area (TPSA) is 39.1 Å². The molecule has 3 nitrogen and oxygen atoms in total. The molecule has 1 saturated heterocycles. The predicted molar refractivity (Wildman–Crippen MR) is 48.7 cm³/mol. The number of rotatable bonds is 2. The van der Waals surface area contributed by atoms with Gasteiger partial charge in [0.15, 0.2) is 0 Å². The lowest BCUT2D eigenvalue weighted by Crippen LogP contribution is -2.54. The number of hydrogen-bond donors (Lipinski definition) is 1. The van der Waals surface area contributed by atoms with Crippen molar-refractivity contribution in [2.24, 2.45) is 0 Å². The molecule has 2 unspecified atom stereocenters. The van der Waals surface area contributed by atoms with E-state index in [-0.39, 0.29) is 0 Å². The monoisotopic (exact) mass is 167 g/mol. The average molecular weight is 167 g/mol. The summed E-state index contributed by atoms with van der Waals surface area (Å²) in [6.07, 6.45) is 0.652. The summed E-state index contributed by atoms with van der Waals surface area (Å²) in [5.74, 6) is 0. The first-order chi connectivity index (χ1) is 5.72. The molecule has 0 aromatic heterocycles. The van der Waals surface area contributed by atoms with Gasteiger partial charge in [0.05, 0.1) is 6.07 Å². The van der Waals surface area contributed by atoms with Crippen LogP contribution < -0.4 is 5.32 Å². The smallest absolute Gasteiger partial charge is 0.0635 e. The van der Waals surface area contributed by atoms with Gasteiger partial charge in [-0.15, -0.1) is 0 Å². The third-order valence-electron chi connectivity index (χ3n) is 2.17. The van der Waals surface area contributed by atoms with E-state index < -0.39 is 0 Å². The van der Waals surface area contributed by atoms with Gasteiger partial charge in [-0.05, 0) is 13.8 Å². The van der Waals surface area contributed by atoms with Gasteiger partial charge in [0.2, 0.25) is 0 Å². The fraction of sp³-hybridized carbons (Fsp3) is 0.889. The minimum Gasteiger partial charge on any atom is -0.309 e. The summed E-state index contributed by atoms with van der Waals surface area (Å²) in [6, 6.07) is 3.31. The highest BCUT2D eigenvalue weighted by molar-refractivity contribution is 4.82. The van der Waals surface area contributed by atoms with Crippen LogP contribution in [0.15, 0.2) is 0 Å². The molecule has 12 heavy (non-hydrogen) atoms. The van der Waals surface area contributed by atoms with Crippen LogP contribution in [0.4, 0.5) is 0 Å². The molecule has 0 spiro atoms. The van der Waals surface area contributed by atoms with E-state index in [1.807, 2.05) is 0 Å². The molecule has 0 aromatic carbocycles. The Kier molecular flexibility index (Phi) is 3.51. The van der Waals surface area contributed by atoms with Crippen molar-refractivity contribution in [3.8, 4) is 6.07 Å². The summed E-state index contributed by atoms with van der Waals surface area (Å²) in [4.78, 5) is 2.36. The molecule has 0 amide bonds. The Bertz CT molecular complexity index is 163. The van der Waals surface area contributed by atoms with E-state index in [1.54, 1.807) is 0 Å². The third kappa shape index (κ3) is 2.80. The molecule has 1 N–H and O–H groups in total. The summed E-state index contributed by atoms with van der Waals surface area (Å²) in [7, 11) is 0. The normalized spacial score (nSPS) is 31.4. The van der Waals surface area contributed by atoms with Crippen LogP contribution in [0.1, 0.15) is 20.3 Å². The maximum Gasteiger partial charge on any atom is 0.0635 e. The van der Waals surface area contributed by atoms with Gasteiger partial charge >= 0.3 is 0 Å². The lowest BCUT2D eigenvalue weighted by atomic mass is 10.1. The van der Waals surface area contributed by atoms with E-state index in [9.17, 15) is 0 Å². The fourth-order valence-electron chi connectivity index (χ4n) is 1.83. The van der Waals surface area contributed by atoms with Gasteiger partial charge in [-0.3, -0.25) is 4.90 Å². The van der Waals surface area contributed by atoms with Gasteiger partial charge in [0.25, 0.3) is 0 Å². The van der Waals surface area contributed by atoms with Gasteiger partial charge in [0, 0.05) is 38.1 Å². The zero-order chi connectivity index (χ0) is 8.97. The van der Waals surface area contributed by atoms with E-state index in [4.69, 9.17) is 5.26 Å². The standard InChI is InChI=1S/C9H17N3/c1-8-6-12(5-3-4-10)7-9(2)11-8/h8-9,11H,3,5-7H2,1-2H3. The van der Waals surface area contributed by atoms with Crippen LogP contribution >= 0.6 is 0 Å². The van der Waals surface area contributed by atoms with Crippen molar-refractivity contribution >= 4 is 0 Å². The second-order valence-electron chi connectivity index (χ2n) is 3.64. The summed E-state index contributed by atoms with van der Waals surface area (Å²) >= 11 is 0. The van der Waals surface area contributed by atoms with Crippen LogP contribution in [0, 0.1) is 11.3 Å². The maximum absolute atomic E-state index is 8.44. The lowest BCUT2D eigenvalue weighted by molar-refractivity contribution is 0.177. The van der Waals surface area contributed by atoms with Crippen LogP contribution in [0.3, 0.4) is 0 Å². The number of nitriles is 1. The summed E-state index contributed by atoms with van der Waals surface area (Å²) in [5, 5.41) is 11.9. The van der Waals surface area contributed by atoms with E-state index in [0.29, 0.717) is 18.5 Å². The van der Waals surface area contributed by atoms with Crippen LogP contribution in [-0.2, 0) is 0 Å². The number of piperazine rings is 1. The third-order valence-corrected chi connectivity index (χ3v) is 2.17. The predicted octanol–water partition coefficient (Wildman–Crippen LogP) is 0.582. The van der Waals surface area contributed by atoms with E-state index in [1.165, 1.54) is 0 Å². The lowest BCUT2D eigenvalue weighted by Gasteiger charge is -2.35. The molecule has 0 aromatic rings. The van der Waals surface area contributed by atoms with Gasteiger partial charge < -0.3 is 5.32 Å². The van der Waals surface area contributed by atoms with Gasteiger partial charge in [-0.25, -0.2) is 0 Å². The Morgan fingerprint density at radius 3 is 2.50 bits per heavy atom. The van der Waals surface area contributed by atoms with Crippen LogP contribution in [0.25, 0.3) is 0 Å². The minimum absolute atomic E-state index is 0.562. The second-order valence-corrected chi connectivity index (χ2v) is 3.64. The Morgan fingerprint density at radius 1 is 1.42 bits per heavy atom. The molecular weight excluding hydrogens is 150 g/mol. The molecule has 1 fully saturated rings. The van der Waals surface area contributed by atoms with Crippen molar-refractivity contribution < 1.29 is 0 Å². The zero-order valence-corrected chi connectivity index (χ0v) is 7.88. The Labute approximate surface area is 74.4 Å². The van der Waals surface area contributed by atoms with Gasteiger partial charge in [0.1, 0.15) is 0 Å². The summed E-state index contributed by atoms with van der Waals surface area (Å²) in [6.45, 7) is 7.45. The van der Waals surface area contributed by atoms with Crippen molar-refractivity contribution in [3.63, 3.8) is 0 Å². The first-order valence-electron chi connectivity index (χ1n) is 4.57. The van der Waals surface area contributed by atoms with Crippen molar-refractivity contribution in [2.45, 2.75) is 32.4 Å². The fourth-order valence-corrected chi connectivity index (χ4v) is 1.83. The Balaban J connectivity index is 2.30. The van der Waals surface area contributed by atoms with Crippen molar-refractivity contribution in [1.29, 1.82) is 5.26 Å². The molecule has 1 heterocycles. The molecule has 1 rings (SSSR count). The Hall–Kier alpha value is -0.590. The highest BCUT2D eigenvalue weighted by Gasteiger charge is 2.19. The molecule has 1 aliphatic heterocycles. The Morgan fingerprint density at radius 2 is 2.00 bits per heavy atom. The van der Waals surface area contributed by atoms with Crippen molar-refractivity contribution in [2.75, 3.05) is 19.6 Å². The number of nitrogens with zero attached hydrogens (tertiary/aromatic N) is 2. The molecule has 0 radical (unpaired) electrons.